The lowest BCUT2D eigenvalue weighted by Crippen LogP contribution is -2.28. The fourth-order valence-corrected chi connectivity index (χ4v) is 4.23. The molecule has 0 spiro atoms. The van der Waals surface area contributed by atoms with Crippen molar-refractivity contribution in [2.24, 2.45) is 0 Å². The number of pyridine rings is 1. The number of amides is 2. The minimum absolute atomic E-state index is 0.0736. The first-order valence-electron chi connectivity index (χ1n) is 9.07. The number of hydrogen-bond acceptors (Lipinski definition) is 5. The smallest absolute Gasteiger partial charge is 0.264 e. The zero-order valence-corrected chi connectivity index (χ0v) is 16.7. The van der Waals surface area contributed by atoms with Gasteiger partial charge in [-0.2, -0.15) is 0 Å². The van der Waals surface area contributed by atoms with Crippen LogP contribution in [0.2, 0.25) is 0 Å². The maximum absolute atomic E-state index is 13.2. The summed E-state index contributed by atoms with van der Waals surface area (Å²) >= 11 is 0. The number of anilines is 1. The highest BCUT2D eigenvalue weighted by molar-refractivity contribution is 7.90. The summed E-state index contributed by atoms with van der Waals surface area (Å²) in [5.41, 5.74) is 2.33. The van der Waals surface area contributed by atoms with Gasteiger partial charge >= 0.3 is 0 Å². The van der Waals surface area contributed by atoms with Gasteiger partial charge in [-0.25, -0.2) is 18.1 Å². The molecule has 0 aliphatic carbocycles. The molecule has 0 fully saturated rings. The Kier molecular flexibility index (Phi) is 4.93. The van der Waals surface area contributed by atoms with E-state index in [-0.39, 0.29) is 10.8 Å². The van der Waals surface area contributed by atoms with Crippen molar-refractivity contribution >= 4 is 49.3 Å². The van der Waals surface area contributed by atoms with E-state index in [1.165, 1.54) is 24.3 Å². The summed E-state index contributed by atoms with van der Waals surface area (Å²) in [5.74, 6) is -1.01. The van der Waals surface area contributed by atoms with Gasteiger partial charge in [-0.1, -0.05) is 36.4 Å². The summed E-state index contributed by atoms with van der Waals surface area (Å²) in [4.78, 5) is 28.8. The number of nitrogens with one attached hydrogen (secondary N) is 2. The van der Waals surface area contributed by atoms with Crippen LogP contribution in [-0.4, -0.2) is 25.2 Å². The monoisotopic (exact) mass is 419 g/mol. The highest BCUT2D eigenvalue weighted by Crippen LogP contribution is 2.27. The fraction of sp³-hybridized carbons (Fsp3) is 0.0455. The number of benzene rings is 3. The van der Waals surface area contributed by atoms with Gasteiger partial charge in [0.25, 0.3) is 15.9 Å². The van der Waals surface area contributed by atoms with Crippen molar-refractivity contribution in [3.05, 3.63) is 78.4 Å². The van der Waals surface area contributed by atoms with Crippen molar-refractivity contribution in [2.75, 3.05) is 5.32 Å². The van der Waals surface area contributed by atoms with Gasteiger partial charge in [0.2, 0.25) is 5.91 Å². The first-order chi connectivity index (χ1) is 14.3. The van der Waals surface area contributed by atoms with Crippen LogP contribution < -0.4 is 10.0 Å². The molecule has 7 nitrogen and oxygen atoms in total. The molecule has 0 atom stereocenters. The molecule has 0 saturated heterocycles. The van der Waals surface area contributed by atoms with Crippen LogP contribution in [0.3, 0.4) is 0 Å². The second-order valence-electron chi connectivity index (χ2n) is 6.66. The Morgan fingerprint density at radius 3 is 1.87 bits per heavy atom. The van der Waals surface area contributed by atoms with Gasteiger partial charge in [0.1, 0.15) is 0 Å². The number of carbonyl (C=O) groups is 2. The van der Waals surface area contributed by atoms with Crippen molar-refractivity contribution in [1.29, 1.82) is 0 Å². The Balaban J connectivity index is 1.71. The van der Waals surface area contributed by atoms with Crippen molar-refractivity contribution < 1.29 is 18.0 Å². The molecule has 4 rings (SSSR count). The summed E-state index contributed by atoms with van der Waals surface area (Å²) in [6, 6.07) is 20.4. The summed E-state index contributed by atoms with van der Waals surface area (Å²) < 4.78 is 26.0. The van der Waals surface area contributed by atoms with E-state index in [1.54, 1.807) is 0 Å². The van der Waals surface area contributed by atoms with Gasteiger partial charge < -0.3 is 5.32 Å². The number of fused-ring (bicyclic) bond motifs is 2. The maximum atomic E-state index is 13.2. The van der Waals surface area contributed by atoms with Crippen LogP contribution in [0, 0.1) is 0 Å². The summed E-state index contributed by atoms with van der Waals surface area (Å²) in [6.45, 7) is 1.12. The summed E-state index contributed by atoms with van der Waals surface area (Å²) in [7, 11) is -3.94. The number of sulfonamides is 1. The Morgan fingerprint density at radius 1 is 0.800 bits per heavy atom. The highest BCUT2D eigenvalue weighted by atomic mass is 32.2. The number of aromatic nitrogens is 1. The molecule has 4 aromatic rings. The van der Waals surface area contributed by atoms with Crippen LogP contribution in [0.15, 0.2) is 77.7 Å². The standard InChI is InChI=1S/C22H17N3O4S/c1-14(26)25-30(28,29)16-12-10-15(11-13-16)23-22(27)21-17-6-2-4-8-19(17)24-20-9-5-3-7-18(20)21/h2-13H,1H3,(H,23,27)(H,25,26). The van der Waals surface area contributed by atoms with E-state index in [2.05, 4.69) is 10.3 Å². The number of carbonyl (C=O) groups excluding carboxylic acids is 2. The van der Waals surface area contributed by atoms with E-state index < -0.39 is 15.9 Å². The molecule has 0 radical (unpaired) electrons. The zero-order valence-electron chi connectivity index (χ0n) is 15.9. The Labute approximate surface area is 172 Å². The molecule has 0 aliphatic heterocycles. The second kappa shape index (κ2) is 7.57. The predicted octanol–water partition coefficient (Wildman–Crippen LogP) is 3.47. The zero-order chi connectivity index (χ0) is 21.3. The molecular formula is C22H17N3O4S. The Bertz CT molecular complexity index is 1340. The number of hydrogen-bond donors (Lipinski definition) is 2. The first kappa shape index (κ1) is 19.5. The molecule has 0 saturated carbocycles. The Morgan fingerprint density at radius 2 is 1.33 bits per heavy atom. The molecule has 1 aromatic heterocycles. The topological polar surface area (TPSA) is 105 Å². The summed E-state index contributed by atoms with van der Waals surface area (Å²) in [5, 5.41) is 4.25. The van der Waals surface area contributed by atoms with Gasteiger partial charge in [0.15, 0.2) is 0 Å². The minimum atomic E-state index is -3.94. The van der Waals surface area contributed by atoms with Crippen LogP contribution in [-0.2, 0) is 14.8 Å². The van der Waals surface area contributed by atoms with Gasteiger partial charge in [-0.15, -0.1) is 0 Å². The largest absolute Gasteiger partial charge is 0.322 e. The van der Waals surface area contributed by atoms with Gasteiger partial charge in [0, 0.05) is 23.4 Å². The van der Waals surface area contributed by atoms with Crippen LogP contribution in [0.4, 0.5) is 5.69 Å². The van der Waals surface area contributed by atoms with Gasteiger partial charge in [-0.05, 0) is 36.4 Å². The average Bonchev–Trinajstić information content (AvgIpc) is 2.71. The van der Waals surface area contributed by atoms with Gasteiger partial charge in [0.05, 0.1) is 21.5 Å². The van der Waals surface area contributed by atoms with Crippen molar-refractivity contribution in [3.8, 4) is 0 Å². The molecule has 2 N–H and O–H groups in total. The molecule has 0 bridgehead atoms. The van der Waals surface area contributed by atoms with E-state index in [4.69, 9.17) is 0 Å². The molecule has 1 heterocycles. The van der Waals surface area contributed by atoms with E-state index >= 15 is 0 Å². The molecule has 150 valence electrons. The molecule has 30 heavy (non-hydrogen) atoms. The molecule has 0 unspecified atom stereocenters. The SMILES string of the molecule is CC(=O)NS(=O)(=O)c1ccc(NC(=O)c2c3ccccc3nc3ccccc23)cc1. The highest BCUT2D eigenvalue weighted by Gasteiger charge is 2.18. The van der Waals surface area contributed by atoms with Crippen LogP contribution in [0.1, 0.15) is 17.3 Å². The van der Waals surface area contributed by atoms with E-state index in [1.807, 2.05) is 53.3 Å². The third-order valence-electron chi connectivity index (χ3n) is 4.52. The lowest BCUT2D eigenvalue weighted by molar-refractivity contribution is -0.117. The molecular weight excluding hydrogens is 402 g/mol. The van der Waals surface area contributed by atoms with E-state index in [0.29, 0.717) is 22.3 Å². The van der Waals surface area contributed by atoms with Crippen LogP contribution >= 0.6 is 0 Å². The quantitative estimate of drug-likeness (QED) is 0.493. The normalized spacial score (nSPS) is 11.4. The fourth-order valence-electron chi connectivity index (χ4n) is 3.24. The molecule has 8 heteroatoms. The number of para-hydroxylation sites is 2. The number of nitrogens with zero attached hydrogens (tertiary/aromatic N) is 1. The van der Waals surface area contributed by atoms with Crippen molar-refractivity contribution in [2.45, 2.75) is 11.8 Å². The second-order valence-corrected chi connectivity index (χ2v) is 8.34. The van der Waals surface area contributed by atoms with E-state index in [9.17, 15) is 18.0 Å². The van der Waals surface area contributed by atoms with Crippen molar-refractivity contribution in [1.82, 2.24) is 9.71 Å². The van der Waals surface area contributed by atoms with Crippen molar-refractivity contribution in [3.63, 3.8) is 0 Å². The summed E-state index contributed by atoms with van der Waals surface area (Å²) in [6.07, 6.45) is 0. The Hall–Kier alpha value is -3.78. The molecule has 3 aromatic carbocycles. The molecule has 2 amide bonds. The average molecular weight is 419 g/mol. The third kappa shape index (κ3) is 3.72. The third-order valence-corrected chi connectivity index (χ3v) is 5.96. The van der Waals surface area contributed by atoms with Crippen LogP contribution in [0.25, 0.3) is 21.8 Å². The molecule has 0 aliphatic rings. The number of rotatable bonds is 4. The predicted molar refractivity (Wildman–Crippen MR) is 115 cm³/mol. The minimum Gasteiger partial charge on any atom is -0.322 e. The maximum Gasteiger partial charge on any atom is 0.264 e. The lowest BCUT2D eigenvalue weighted by atomic mass is 10.0. The first-order valence-corrected chi connectivity index (χ1v) is 10.6. The van der Waals surface area contributed by atoms with E-state index in [0.717, 1.165) is 17.7 Å². The lowest BCUT2D eigenvalue weighted by Gasteiger charge is -2.12. The van der Waals surface area contributed by atoms with Gasteiger partial charge in [-0.3, -0.25) is 9.59 Å². The van der Waals surface area contributed by atoms with Crippen LogP contribution in [0.5, 0.6) is 0 Å².